The number of aromatic hydroxyl groups is 1. The number of rotatable bonds is 5. The van der Waals surface area contributed by atoms with Crippen LogP contribution in [0.1, 0.15) is 25.7 Å². The quantitative estimate of drug-likeness (QED) is 0.824. The summed E-state index contributed by atoms with van der Waals surface area (Å²) in [5, 5.41) is 9.61. The van der Waals surface area contributed by atoms with Crippen LogP contribution in [0.4, 0.5) is 0 Å². The van der Waals surface area contributed by atoms with Crippen molar-refractivity contribution >= 4 is 0 Å². The smallest absolute Gasteiger partial charge is 0.160 e. The summed E-state index contributed by atoms with van der Waals surface area (Å²) >= 11 is 0. The van der Waals surface area contributed by atoms with Crippen LogP contribution in [0.5, 0.6) is 11.5 Å². The molecule has 0 heterocycles. The largest absolute Gasteiger partial charge is 0.504 e. The fourth-order valence-corrected chi connectivity index (χ4v) is 2.60. The van der Waals surface area contributed by atoms with Crippen LogP contribution in [0.25, 0.3) is 0 Å². The van der Waals surface area contributed by atoms with Crippen molar-refractivity contribution in [1.82, 2.24) is 0 Å². The molecule has 2 rings (SSSR count). The van der Waals surface area contributed by atoms with Crippen LogP contribution in [0.3, 0.4) is 0 Å². The molecule has 1 saturated carbocycles. The van der Waals surface area contributed by atoms with Gasteiger partial charge in [-0.1, -0.05) is 37.8 Å². The molecule has 0 radical (unpaired) electrons. The lowest BCUT2D eigenvalue weighted by Crippen LogP contribution is -2.27. The van der Waals surface area contributed by atoms with Gasteiger partial charge in [0.15, 0.2) is 11.5 Å². The van der Waals surface area contributed by atoms with E-state index in [1.807, 2.05) is 6.07 Å². The van der Waals surface area contributed by atoms with Crippen molar-refractivity contribution in [2.24, 2.45) is 17.6 Å². The number of ether oxygens (including phenoxy) is 1. The van der Waals surface area contributed by atoms with E-state index in [0.29, 0.717) is 30.7 Å². The minimum Gasteiger partial charge on any atom is -0.504 e. The highest BCUT2D eigenvalue weighted by Crippen LogP contribution is 2.32. The summed E-state index contributed by atoms with van der Waals surface area (Å²) in [7, 11) is 0. The zero-order chi connectivity index (χ0) is 12.1. The monoisotopic (exact) mass is 235 g/mol. The second-order valence-corrected chi connectivity index (χ2v) is 4.82. The molecule has 1 aromatic rings. The lowest BCUT2D eigenvalue weighted by Gasteiger charge is -2.22. The summed E-state index contributed by atoms with van der Waals surface area (Å²) in [6.45, 7) is 1.27. The Kier molecular flexibility index (Phi) is 4.26. The molecular weight excluding hydrogens is 214 g/mol. The third-order valence-corrected chi connectivity index (χ3v) is 3.69. The zero-order valence-corrected chi connectivity index (χ0v) is 10.1. The predicted molar refractivity (Wildman–Crippen MR) is 68.1 cm³/mol. The van der Waals surface area contributed by atoms with Crippen LogP contribution in [0.2, 0.25) is 0 Å². The van der Waals surface area contributed by atoms with Gasteiger partial charge in [-0.15, -0.1) is 0 Å². The van der Waals surface area contributed by atoms with Crippen LogP contribution in [-0.2, 0) is 0 Å². The maximum atomic E-state index is 9.61. The van der Waals surface area contributed by atoms with Crippen LogP contribution < -0.4 is 10.5 Å². The molecule has 1 unspecified atom stereocenters. The van der Waals surface area contributed by atoms with E-state index < -0.39 is 0 Å². The van der Waals surface area contributed by atoms with Crippen molar-refractivity contribution in [3.63, 3.8) is 0 Å². The van der Waals surface area contributed by atoms with Crippen LogP contribution >= 0.6 is 0 Å². The first kappa shape index (κ1) is 12.2. The third kappa shape index (κ3) is 3.13. The second kappa shape index (κ2) is 5.92. The van der Waals surface area contributed by atoms with E-state index in [9.17, 15) is 5.11 Å². The van der Waals surface area contributed by atoms with E-state index in [2.05, 4.69) is 0 Å². The number of hydrogen-bond acceptors (Lipinski definition) is 3. The molecule has 3 nitrogen and oxygen atoms in total. The molecular formula is C14H21NO2. The van der Waals surface area contributed by atoms with Crippen LogP contribution in [0, 0.1) is 11.8 Å². The van der Waals surface area contributed by atoms with Crippen molar-refractivity contribution in [2.75, 3.05) is 13.2 Å². The fourth-order valence-electron chi connectivity index (χ4n) is 2.60. The summed E-state index contributed by atoms with van der Waals surface area (Å²) in [6, 6.07) is 7.08. The predicted octanol–water partition coefficient (Wildman–Crippen LogP) is 2.54. The van der Waals surface area contributed by atoms with E-state index in [-0.39, 0.29) is 5.75 Å². The van der Waals surface area contributed by atoms with E-state index in [0.717, 1.165) is 0 Å². The average Bonchev–Trinajstić information content (AvgIpc) is 2.86. The molecule has 3 N–H and O–H groups in total. The molecule has 94 valence electrons. The van der Waals surface area contributed by atoms with Gasteiger partial charge in [-0.2, -0.15) is 0 Å². The number of para-hydroxylation sites is 2. The Morgan fingerprint density at radius 2 is 2.00 bits per heavy atom. The first-order valence-corrected chi connectivity index (χ1v) is 6.42. The second-order valence-electron chi connectivity index (χ2n) is 4.82. The number of benzene rings is 1. The molecule has 0 amide bonds. The maximum Gasteiger partial charge on any atom is 0.160 e. The van der Waals surface area contributed by atoms with Crippen molar-refractivity contribution in [1.29, 1.82) is 0 Å². The van der Waals surface area contributed by atoms with Crippen molar-refractivity contribution in [3.8, 4) is 11.5 Å². The number of phenolic OH excluding ortho intramolecular Hbond substituents is 1. The minimum atomic E-state index is 0.203. The van der Waals surface area contributed by atoms with Crippen LogP contribution in [-0.4, -0.2) is 18.3 Å². The first-order chi connectivity index (χ1) is 8.31. The van der Waals surface area contributed by atoms with Gasteiger partial charge in [-0.25, -0.2) is 0 Å². The number of nitrogens with two attached hydrogens (primary N) is 1. The average molecular weight is 235 g/mol. The van der Waals surface area contributed by atoms with E-state index in [1.54, 1.807) is 18.2 Å². The van der Waals surface area contributed by atoms with Crippen molar-refractivity contribution in [3.05, 3.63) is 24.3 Å². The molecule has 1 aliphatic carbocycles. The molecule has 0 spiro atoms. The summed E-state index contributed by atoms with van der Waals surface area (Å²) in [4.78, 5) is 0. The van der Waals surface area contributed by atoms with E-state index in [4.69, 9.17) is 10.5 Å². The van der Waals surface area contributed by atoms with Gasteiger partial charge >= 0.3 is 0 Å². The standard InChI is InChI=1S/C14H21NO2/c15-9-12(11-5-1-2-6-11)10-17-14-8-4-3-7-13(14)16/h3-4,7-8,11-12,16H,1-2,5-6,9-10,15H2. The molecule has 3 heteroatoms. The lowest BCUT2D eigenvalue weighted by molar-refractivity contribution is 0.195. The fraction of sp³-hybridized carbons (Fsp3) is 0.571. The van der Waals surface area contributed by atoms with Gasteiger partial charge < -0.3 is 15.6 Å². The molecule has 0 aromatic heterocycles. The Bertz CT molecular complexity index is 348. The summed E-state index contributed by atoms with van der Waals surface area (Å²) in [5.74, 6) is 1.88. The van der Waals surface area contributed by atoms with Crippen LogP contribution in [0.15, 0.2) is 24.3 Å². The molecule has 17 heavy (non-hydrogen) atoms. The van der Waals surface area contributed by atoms with Gasteiger partial charge in [0.1, 0.15) is 0 Å². The third-order valence-electron chi connectivity index (χ3n) is 3.69. The summed E-state index contributed by atoms with van der Waals surface area (Å²) < 4.78 is 5.67. The molecule has 1 atom stereocenters. The molecule has 1 fully saturated rings. The molecule has 0 saturated heterocycles. The van der Waals surface area contributed by atoms with Gasteiger partial charge in [0.05, 0.1) is 6.61 Å². The Morgan fingerprint density at radius 1 is 1.29 bits per heavy atom. The highest BCUT2D eigenvalue weighted by Gasteiger charge is 2.24. The van der Waals surface area contributed by atoms with Crippen molar-refractivity contribution in [2.45, 2.75) is 25.7 Å². The molecule has 0 bridgehead atoms. The number of phenols is 1. The maximum absolute atomic E-state index is 9.61. The van der Waals surface area contributed by atoms with Gasteiger partial charge in [0.25, 0.3) is 0 Å². The van der Waals surface area contributed by atoms with Gasteiger partial charge in [0.2, 0.25) is 0 Å². The Hall–Kier alpha value is -1.22. The Labute approximate surface area is 103 Å². The molecule has 1 aliphatic rings. The molecule has 1 aromatic carbocycles. The van der Waals surface area contributed by atoms with Gasteiger partial charge in [-0.3, -0.25) is 0 Å². The highest BCUT2D eigenvalue weighted by molar-refractivity contribution is 5.37. The van der Waals surface area contributed by atoms with Gasteiger partial charge in [0, 0.05) is 5.92 Å². The Balaban J connectivity index is 1.89. The summed E-state index contributed by atoms with van der Waals surface area (Å²) in [5.41, 5.74) is 5.81. The minimum absolute atomic E-state index is 0.203. The lowest BCUT2D eigenvalue weighted by atomic mass is 9.92. The first-order valence-electron chi connectivity index (χ1n) is 6.42. The van der Waals surface area contributed by atoms with Gasteiger partial charge in [-0.05, 0) is 24.6 Å². The zero-order valence-electron chi connectivity index (χ0n) is 10.1. The van der Waals surface area contributed by atoms with E-state index >= 15 is 0 Å². The Morgan fingerprint density at radius 3 is 2.65 bits per heavy atom. The number of hydrogen-bond donors (Lipinski definition) is 2. The van der Waals surface area contributed by atoms with E-state index in [1.165, 1.54) is 25.7 Å². The van der Waals surface area contributed by atoms with Crippen molar-refractivity contribution < 1.29 is 9.84 Å². The highest BCUT2D eigenvalue weighted by atomic mass is 16.5. The topological polar surface area (TPSA) is 55.5 Å². The summed E-state index contributed by atoms with van der Waals surface area (Å²) in [6.07, 6.45) is 5.17. The normalized spacial score (nSPS) is 18.2. The SMILES string of the molecule is NCC(COc1ccccc1O)C1CCCC1. The molecule has 0 aliphatic heterocycles.